The molecule has 1 aliphatic carbocycles. The molecule has 76 valence electrons. The second-order valence-corrected chi connectivity index (χ2v) is 4.72. The van der Waals surface area contributed by atoms with Crippen molar-refractivity contribution in [2.45, 2.75) is 32.1 Å². The van der Waals surface area contributed by atoms with Gasteiger partial charge in [0, 0.05) is 0 Å². The first-order chi connectivity index (χ1) is 6.42. The average Bonchev–Trinajstić information content (AvgIpc) is 2.67. The number of nitrogens with two attached hydrogens (primary N) is 1. The lowest BCUT2D eigenvalue weighted by molar-refractivity contribution is 0.220. The van der Waals surface area contributed by atoms with E-state index in [1.807, 2.05) is 0 Å². The van der Waals surface area contributed by atoms with Crippen LogP contribution in [0.3, 0.4) is 0 Å². The monoisotopic (exact) mass is 182 g/mol. The van der Waals surface area contributed by atoms with Crippen molar-refractivity contribution in [3.05, 3.63) is 0 Å². The number of nitrogens with one attached hydrogen (secondary N) is 1. The quantitative estimate of drug-likeness (QED) is 0.677. The summed E-state index contributed by atoms with van der Waals surface area (Å²) < 4.78 is 0. The molecule has 13 heavy (non-hydrogen) atoms. The van der Waals surface area contributed by atoms with Crippen LogP contribution in [-0.2, 0) is 0 Å². The van der Waals surface area contributed by atoms with Crippen LogP contribution >= 0.6 is 0 Å². The SMILES string of the molecule is NCC1CNCC1C1CCCCC1. The molecule has 1 aliphatic heterocycles. The molecular weight excluding hydrogens is 160 g/mol. The molecular formula is C11H22N2. The first-order valence-electron chi connectivity index (χ1n) is 5.82. The largest absolute Gasteiger partial charge is 0.330 e. The molecule has 3 N–H and O–H groups in total. The maximum Gasteiger partial charge on any atom is -0.000510 e. The molecule has 0 bridgehead atoms. The van der Waals surface area contributed by atoms with Gasteiger partial charge in [0.25, 0.3) is 0 Å². The zero-order valence-electron chi connectivity index (χ0n) is 8.47. The van der Waals surface area contributed by atoms with Crippen LogP contribution < -0.4 is 11.1 Å². The predicted octanol–water partition coefficient (Wildman–Crippen LogP) is 1.36. The highest BCUT2D eigenvalue weighted by Gasteiger charge is 2.32. The van der Waals surface area contributed by atoms with Gasteiger partial charge in [0.15, 0.2) is 0 Å². The topological polar surface area (TPSA) is 38.0 Å². The van der Waals surface area contributed by atoms with E-state index in [0.29, 0.717) is 0 Å². The summed E-state index contributed by atoms with van der Waals surface area (Å²) in [7, 11) is 0. The van der Waals surface area contributed by atoms with E-state index < -0.39 is 0 Å². The van der Waals surface area contributed by atoms with E-state index in [9.17, 15) is 0 Å². The number of rotatable bonds is 2. The van der Waals surface area contributed by atoms with Crippen LogP contribution in [0.25, 0.3) is 0 Å². The molecule has 1 saturated carbocycles. The second kappa shape index (κ2) is 4.43. The Morgan fingerprint density at radius 3 is 2.54 bits per heavy atom. The summed E-state index contributed by atoms with van der Waals surface area (Å²) in [5.74, 6) is 2.64. The highest BCUT2D eigenvalue weighted by atomic mass is 14.9. The smallest absolute Gasteiger partial charge is 0.000510 e. The number of hydrogen-bond donors (Lipinski definition) is 2. The molecule has 0 radical (unpaired) electrons. The van der Waals surface area contributed by atoms with E-state index in [0.717, 1.165) is 30.8 Å². The Labute approximate surface area is 81.3 Å². The van der Waals surface area contributed by atoms with Crippen LogP contribution in [-0.4, -0.2) is 19.6 Å². The zero-order chi connectivity index (χ0) is 9.10. The lowest BCUT2D eigenvalue weighted by Crippen LogP contribution is -2.29. The van der Waals surface area contributed by atoms with Crippen LogP contribution in [0, 0.1) is 17.8 Å². The third-order valence-electron chi connectivity index (χ3n) is 3.95. The van der Waals surface area contributed by atoms with Crippen molar-refractivity contribution >= 4 is 0 Å². The van der Waals surface area contributed by atoms with Gasteiger partial charge in [0.1, 0.15) is 0 Å². The maximum absolute atomic E-state index is 5.79. The molecule has 0 aromatic heterocycles. The van der Waals surface area contributed by atoms with E-state index in [1.165, 1.54) is 38.6 Å². The zero-order valence-corrected chi connectivity index (χ0v) is 8.47. The molecule has 2 aliphatic rings. The summed E-state index contributed by atoms with van der Waals surface area (Å²) in [6, 6.07) is 0. The van der Waals surface area contributed by atoms with Crippen molar-refractivity contribution in [3.63, 3.8) is 0 Å². The predicted molar refractivity (Wildman–Crippen MR) is 55.5 cm³/mol. The Bertz CT molecular complexity index is 152. The molecule has 0 spiro atoms. The molecule has 1 saturated heterocycles. The minimum absolute atomic E-state index is 0.767. The highest BCUT2D eigenvalue weighted by molar-refractivity contribution is 4.87. The van der Waals surface area contributed by atoms with Gasteiger partial charge < -0.3 is 11.1 Å². The van der Waals surface area contributed by atoms with Gasteiger partial charge in [0.05, 0.1) is 0 Å². The summed E-state index contributed by atoms with van der Waals surface area (Å²) in [6.07, 6.45) is 7.30. The Hall–Kier alpha value is -0.0800. The molecule has 1 heterocycles. The minimum Gasteiger partial charge on any atom is -0.330 e. The van der Waals surface area contributed by atoms with Crippen molar-refractivity contribution in [1.29, 1.82) is 0 Å². The summed E-state index contributed by atoms with van der Waals surface area (Å²) in [5, 5.41) is 3.49. The van der Waals surface area contributed by atoms with Crippen molar-refractivity contribution < 1.29 is 0 Å². The van der Waals surface area contributed by atoms with Gasteiger partial charge in [-0.15, -0.1) is 0 Å². The first kappa shape index (κ1) is 9.47. The fourth-order valence-corrected chi connectivity index (χ4v) is 3.13. The molecule has 2 nitrogen and oxygen atoms in total. The summed E-state index contributed by atoms with van der Waals surface area (Å²) in [5.41, 5.74) is 5.79. The van der Waals surface area contributed by atoms with Crippen molar-refractivity contribution in [2.24, 2.45) is 23.5 Å². The number of hydrogen-bond acceptors (Lipinski definition) is 2. The van der Waals surface area contributed by atoms with E-state index in [1.54, 1.807) is 0 Å². The molecule has 2 fully saturated rings. The molecule has 2 atom stereocenters. The van der Waals surface area contributed by atoms with Gasteiger partial charge >= 0.3 is 0 Å². The highest BCUT2D eigenvalue weighted by Crippen LogP contribution is 2.35. The van der Waals surface area contributed by atoms with Crippen LogP contribution in [0.2, 0.25) is 0 Å². The Kier molecular flexibility index (Phi) is 3.23. The van der Waals surface area contributed by atoms with Gasteiger partial charge in [0.2, 0.25) is 0 Å². The van der Waals surface area contributed by atoms with E-state index >= 15 is 0 Å². The van der Waals surface area contributed by atoms with Crippen LogP contribution in [0.1, 0.15) is 32.1 Å². The Morgan fingerprint density at radius 1 is 1.08 bits per heavy atom. The molecule has 0 aromatic carbocycles. The lowest BCUT2D eigenvalue weighted by atomic mass is 9.75. The van der Waals surface area contributed by atoms with Crippen LogP contribution in [0.4, 0.5) is 0 Å². The minimum atomic E-state index is 0.767. The Balaban J connectivity index is 1.90. The normalized spacial score (nSPS) is 36.7. The van der Waals surface area contributed by atoms with E-state index in [-0.39, 0.29) is 0 Å². The van der Waals surface area contributed by atoms with Gasteiger partial charge in [-0.25, -0.2) is 0 Å². The lowest BCUT2D eigenvalue weighted by Gasteiger charge is -2.30. The van der Waals surface area contributed by atoms with Gasteiger partial charge in [-0.2, -0.15) is 0 Å². The standard InChI is InChI=1S/C11H22N2/c12-6-10-7-13-8-11(10)9-4-2-1-3-5-9/h9-11,13H,1-8,12H2. The Morgan fingerprint density at radius 2 is 1.85 bits per heavy atom. The average molecular weight is 182 g/mol. The third-order valence-corrected chi connectivity index (χ3v) is 3.95. The fourth-order valence-electron chi connectivity index (χ4n) is 3.13. The third kappa shape index (κ3) is 2.05. The summed E-state index contributed by atoms with van der Waals surface area (Å²) in [6.45, 7) is 3.28. The maximum atomic E-state index is 5.79. The van der Waals surface area contributed by atoms with E-state index in [2.05, 4.69) is 5.32 Å². The summed E-state index contributed by atoms with van der Waals surface area (Å²) >= 11 is 0. The van der Waals surface area contributed by atoms with Crippen molar-refractivity contribution in [2.75, 3.05) is 19.6 Å². The van der Waals surface area contributed by atoms with E-state index in [4.69, 9.17) is 5.73 Å². The van der Waals surface area contributed by atoms with Crippen molar-refractivity contribution in [3.8, 4) is 0 Å². The van der Waals surface area contributed by atoms with Crippen LogP contribution in [0.15, 0.2) is 0 Å². The molecule has 0 aromatic rings. The van der Waals surface area contributed by atoms with Gasteiger partial charge in [-0.05, 0) is 37.4 Å². The molecule has 0 amide bonds. The van der Waals surface area contributed by atoms with Gasteiger partial charge in [-0.3, -0.25) is 0 Å². The fraction of sp³-hybridized carbons (Fsp3) is 1.00. The van der Waals surface area contributed by atoms with Crippen LogP contribution in [0.5, 0.6) is 0 Å². The second-order valence-electron chi connectivity index (χ2n) is 4.72. The van der Waals surface area contributed by atoms with Gasteiger partial charge in [-0.1, -0.05) is 32.1 Å². The summed E-state index contributed by atoms with van der Waals surface area (Å²) in [4.78, 5) is 0. The molecule has 2 unspecified atom stereocenters. The molecule has 2 rings (SSSR count). The first-order valence-corrected chi connectivity index (χ1v) is 5.82. The van der Waals surface area contributed by atoms with Crippen molar-refractivity contribution in [1.82, 2.24) is 5.32 Å². The molecule has 2 heteroatoms.